The van der Waals surface area contributed by atoms with Crippen LogP contribution < -0.4 is 10.2 Å². The fraction of sp³-hybridized carbons (Fsp3) is 0.259. The van der Waals surface area contributed by atoms with Gasteiger partial charge in [-0.25, -0.2) is 4.39 Å². The van der Waals surface area contributed by atoms with Gasteiger partial charge < -0.3 is 10.2 Å². The summed E-state index contributed by atoms with van der Waals surface area (Å²) in [6.45, 7) is 2.90. The molecule has 0 radical (unpaired) electrons. The number of carbonyl (C=O) groups excluding carboxylic acids is 2. The van der Waals surface area contributed by atoms with Crippen LogP contribution >= 0.6 is 0 Å². The van der Waals surface area contributed by atoms with E-state index in [9.17, 15) is 14.0 Å². The molecule has 0 aromatic heterocycles. The van der Waals surface area contributed by atoms with Crippen molar-refractivity contribution in [3.05, 3.63) is 101 Å². The van der Waals surface area contributed by atoms with Gasteiger partial charge in [0.15, 0.2) is 0 Å². The van der Waals surface area contributed by atoms with Gasteiger partial charge >= 0.3 is 0 Å². The van der Waals surface area contributed by atoms with Crippen LogP contribution in [0.25, 0.3) is 0 Å². The molecule has 1 saturated carbocycles. The summed E-state index contributed by atoms with van der Waals surface area (Å²) in [5, 5.41) is 2.87. The number of halogens is 1. The summed E-state index contributed by atoms with van der Waals surface area (Å²) in [5.41, 5.74) is 4.75. The smallest absolute Gasteiger partial charge is 0.230 e. The molecule has 2 amide bonds. The largest absolute Gasteiger partial charge is 0.352 e. The van der Waals surface area contributed by atoms with Crippen molar-refractivity contribution in [1.82, 2.24) is 5.32 Å². The molecule has 0 aliphatic heterocycles. The van der Waals surface area contributed by atoms with E-state index in [1.165, 1.54) is 17.7 Å². The minimum Gasteiger partial charge on any atom is -0.352 e. The number of nitrogens with one attached hydrogen (secondary N) is 1. The number of carbonyl (C=O) groups is 2. The summed E-state index contributed by atoms with van der Waals surface area (Å²) in [6.07, 6.45) is 2.09. The summed E-state index contributed by atoms with van der Waals surface area (Å²) in [5.74, 6) is -0.176. The van der Waals surface area contributed by atoms with Crippen molar-refractivity contribution in [3.8, 4) is 0 Å². The van der Waals surface area contributed by atoms with E-state index in [1.54, 1.807) is 12.1 Å². The molecule has 164 valence electrons. The third kappa shape index (κ3) is 5.82. The predicted octanol–water partition coefficient (Wildman–Crippen LogP) is 4.94. The lowest BCUT2D eigenvalue weighted by Crippen LogP contribution is -2.32. The lowest BCUT2D eigenvalue weighted by molar-refractivity contribution is -0.121. The van der Waals surface area contributed by atoms with E-state index in [4.69, 9.17) is 0 Å². The van der Waals surface area contributed by atoms with Gasteiger partial charge in [-0.05, 0) is 60.7 Å². The zero-order valence-corrected chi connectivity index (χ0v) is 18.2. The predicted molar refractivity (Wildman–Crippen MR) is 123 cm³/mol. The summed E-state index contributed by atoms with van der Waals surface area (Å²) in [4.78, 5) is 27.3. The number of nitrogens with zero attached hydrogens (tertiary/aromatic N) is 1. The summed E-state index contributed by atoms with van der Waals surface area (Å²) >= 11 is 0. The van der Waals surface area contributed by atoms with E-state index in [2.05, 4.69) is 29.6 Å². The molecular weight excluding hydrogens is 403 g/mol. The van der Waals surface area contributed by atoms with Crippen LogP contribution in [0.1, 0.15) is 35.1 Å². The van der Waals surface area contributed by atoms with Gasteiger partial charge in [-0.1, -0.05) is 54.1 Å². The van der Waals surface area contributed by atoms with Crippen LogP contribution in [0.4, 0.5) is 10.1 Å². The highest BCUT2D eigenvalue weighted by atomic mass is 19.1. The number of hydrogen-bond donors (Lipinski definition) is 1. The van der Waals surface area contributed by atoms with Crippen LogP contribution in [0.2, 0.25) is 0 Å². The number of anilines is 1. The Bertz CT molecular complexity index is 1090. The molecular formula is C27H27FN2O2. The van der Waals surface area contributed by atoms with Gasteiger partial charge in [0.05, 0.1) is 13.0 Å². The maximum absolute atomic E-state index is 13.0. The lowest BCUT2D eigenvalue weighted by Gasteiger charge is -2.24. The minimum atomic E-state index is -0.298. The fourth-order valence-electron chi connectivity index (χ4n) is 3.61. The van der Waals surface area contributed by atoms with Crippen LogP contribution in [-0.2, 0) is 29.1 Å². The third-order valence-electron chi connectivity index (χ3n) is 5.64. The van der Waals surface area contributed by atoms with Crippen molar-refractivity contribution >= 4 is 17.5 Å². The zero-order chi connectivity index (χ0) is 22.5. The number of aryl methyl sites for hydroxylation is 1. The van der Waals surface area contributed by atoms with Crippen LogP contribution in [0, 0.1) is 18.7 Å². The molecule has 5 heteroatoms. The monoisotopic (exact) mass is 430 g/mol. The molecule has 0 bridgehead atoms. The molecule has 3 aromatic carbocycles. The maximum Gasteiger partial charge on any atom is 0.230 e. The Balaban J connectivity index is 1.44. The van der Waals surface area contributed by atoms with Crippen molar-refractivity contribution in [2.75, 3.05) is 4.90 Å². The van der Waals surface area contributed by atoms with Crippen LogP contribution in [0.3, 0.4) is 0 Å². The quantitative estimate of drug-likeness (QED) is 0.551. The van der Waals surface area contributed by atoms with Gasteiger partial charge in [-0.3, -0.25) is 9.59 Å². The van der Waals surface area contributed by atoms with Crippen molar-refractivity contribution in [3.63, 3.8) is 0 Å². The SMILES string of the molecule is Cc1ccc(CN(C(=O)C2CC2)c2cccc(CC(=O)NCc3ccc(F)cc3)c2)cc1. The Kier molecular flexibility index (Phi) is 6.64. The van der Waals surface area contributed by atoms with Crippen LogP contribution in [-0.4, -0.2) is 11.8 Å². The first-order valence-corrected chi connectivity index (χ1v) is 10.9. The highest BCUT2D eigenvalue weighted by molar-refractivity contribution is 5.96. The number of hydrogen-bond acceptors (Lipinski definition) is 2. The first-order valence-electron chi connectivity index (χ1n) is 10.9. The molecule has 1 aliphatic carbocycles. The Morgan fingerprint density at radius 3 is 2.31 bits per heavy atom. The van der Waals surface area contributed by atoms with Crippen molar-refractivity contribution in [2.24, 2.45) is 5.92 Å². The van der Waals surface area contributed by atoms with Gasteiger partial charge in [0.2, 0.25) is 11.8 Å². The molecule has 4 rings (SSSR count). The molecule has 0 spiro atoms. The molecule has 1 aliphatic rings. The van der Waals surface area contributed by atoms with E-state index in [0.717, 1.165) is 35.2 Å². The molecule has 4 nitrogen and oxygen atoms in total. The van der Waals surface area contributed by atoms with Gasteiger partial charge in [-0.2, -0.15) is 0 Å². The Hall–Kier alpha value is -3.47. The highest BCUT2D eigenvalue weighted by Crippen LogP contribution is 2.33. The Morgan fingerprint density at radius 1 is 0.938 bits per heavy atom. The Morgan fingerprint density at radius 2 is 1.62 bits per heavy atom. The number of benzene rings is 3. The second kappa shape index (κ2) is 9.77. The lowest BCUT2D eigenvalue weighted by atomic mass is 10.1. The summed E-state index contributed by atoms with van der Waals surface area (Å²) in [7, 11) is 0. The van der Waals surface area contributed by atoms with Crippen molar-refractivity contribution in [2.45, 2.75) is 39.3 Å². The van der Waals surface area contributed by atoms with E-state index >= 15 is 0 Å². The van der Waals surface area contributed by atoms with Crippen molar-refractivity contribution < 1.29 is 14.0 Å². The Labute approximate surface area is 188 Å². The van der Waals surface area contributed by atoms with Gasteiger partial charge in [-0.15, -0.1) is 0 Å². The van der Waals surface area contributed by atoms with Gasteiger partial charge in [0.25, 0.3) is 0 Å². The summed E-state index contributed by atoms with van der Waals surface area (Å²) in [6, 6.07) is 21.9. The van der Waals surface area contributed by atoms with Gasteiger partial charge in [0, 0.05) is 18.2 Å². The van der Waals surface area contributed by atoms with E-state index in [1.807, 2.05) is 36.1 Å². The second-order valence-electron chi connectivity index (χ2n) is 8.43. The molecule has 0 unspecified atom stereocenters. The number of amides is 2. The highest BCUT2D eigenvalue weighted by Gasteiger charge is 2.34. The third-order valence-corrected chi connectivity index (χ3v) is 5.64. The molecule has 1 N–H and O–H groups in total. The normalized spacial score (nSPS) is 12.9. The van der Waals surface area contributed by atoms with Crippen LogP contribution in [0.5, 0.6) is 0 Å². The summed E-state index contributed by atoms with van der Waals surface area (Å²) < 4.78 is 13.0. The standard InChI is InChI=1S/C27H27FN2O2/c1-19-5-7-21(8-6-19)18-30(27(32)23-11-12-23)25-4-2-3-22(15-25)16-26(31)29-17-20-9-13-24(28)14-10-20/h2-10,13-15,23H,11-12,16-18H2,1H3,(H,29,31). The van der Waals surface area contributed by atoms with Crippen LogP contribution in [0.15, 0.2) is 72.8 Å². The molecule has 1 fully saturated rings. The minimum absolute atomic E-state index is 0.100. The first-order chi connectivity index (χ1) is 15.5. The molecule has 0 saturated heterocycles. The molecule has 3 aromatic rings. The van der Waals surface area contributed by atoms with Crippen molar-refractivity contribution in [1.29, 1.82) is 0 Å². The second-order valence-corrected chi connectivity index (χ2v) is 8.43. The topological polar surface area (TPSA) is 49.4 Å². The molecule has 32 heavy (non-hydrogen) atoms. The maximum atomic E-state index is 13.0. The first kappa shape index (κ1) is 21.8. The average molecular weight is 431 g/mol. The zero-order valence-electron chi connectivity index (χ0n) is 18.2. The average Bonchev–Trinajstić information content (AvgIpc) is 3.64. The van der Waals surface area contributed by atoms with E-state index in [0.29, 0.717) is 13.1 Å². The fourth-order valence-corrected chi connectivity index (χ4v) is 3.61. The molecule has 0 atom stereocenters. The number of rotatable bonds is 8. The van der Waals surface area contributed by atoms with E-state index < -0.39 is 0 Å². The van der Waals surface area contributed by atoms with Gasteiger partial charge in [0.1, 0.15) is 5.82 Å². The molecule has 0 heterocycles. The van der Waals surface area contributed by atoms with E-state index in [-0.39, 0.29) is 30.0 Å².